The molecule has 0 amide bonds. The van der Waals surface area contributed by atoms with Crippen LogP contribution in [-0.4, -0.2) is 15.2 Å². The Morgan fingerprint density at radius 2 is 2.19 bits per heavy atom. The Kier molecular flexibility index (Phi) is 3.24. The standard InChI is InChI=1S/C11H13BrN4/c1-7-9(5-15-16-7)4-14-10-3-11(12)8(2)13-6-10/h3,5-6,14H,4H2,1-2H3,(H,15,16). The molecule has 0 bridgehead atoms. The number of pyridine rings is 1. The van der Waals surface area contributed by atoms with E-state index in [0.717, 1.165) is 33.7 Å². The fraction of sp³-hybridized carbons (Fsp3) is 0.273. The highest BCUT2D eigenvalue weighted by Gasteiger charge is 2.01. The van der Waals surface area contributed by atoms with Crippen LogP contribution in [0.3, 0.4) is 0 Å². The number of hydrogen-bond acceptors (Lipinski definition) is 3. The SMILES string of the molecule is Cc1ncc(NCc2cn[nH]c2C)cc1Br. The summed E-state index contributed by atoms with van der Waals surface area (Å²) in [5.74, 6) is 0. The number of aromatic nitrogens is 3. The number of nitrogens with zero attached hydrogens (tertiary/aromatic N) is 2. The van der Waals surface area contributed by atoms with Gasteiger partial charge in [-0.3, -0.25) is 10.1 Å². The van der Waals surface area contributed by atoms with E-state index in [9.17, 15) is 0 Å². The normalized spacial score (nSPS) is 10.4. The molecule has 0 spiro atoms. The smallest absolute Gasteiger partial charge is 0.0540 e. The molecule has 84 valence electrons. The fourth-order valence-electron chi connectivity index (χ4n) is 1.35. The zero-order chi connectivity index (χ0) is 11.5. The van der Waals surface area contributed by atoms with Crippen LogP contribution in [-0.2, 0) is 6.54 Å². The Morgan fingerprint density at radius 1 is 1.38 bits per heavy atom. The molecule has 2 N–H and O–H groups in total. The van der Waals surface area contributed by atoms with Crippen molar-refractivity contribution in [3.8, 4) is 0 Å². The second kappa shape index (κ2) is 4.65. The molecule has 0 radical (unpaired) electrons. The minimum atomic E-state index is 0.750. The van der Waals surface area contributed by atoms with Gasteiger partial charge < -0.3 is 5.32 Å². The molecule has 4 nitrogen and oxygen atoms in total. The second-order valence-corrected chi connectivity index (χ2v) is 4.52. The highest BCUT2D eigenvalue weighted by Crippen LogP contribution is 2.18. The summed E-state index contributed by atoms with van der Waals surface area (Å²) >= 11 is 3.46. The number of halogens is 1. The number of anilines is 1. The van der Waals surface area contributed by atoms with Crippen molar-refractivity contribution in [3.63, 3.8) is 0 Å². The van der Waals surface area contributed by atoms with Crippen molar-refractivity contribution < 1.29 is 0 Å². The van der Waals surface area contributed by atoms with E-state index in [2.05, 4.69) is 36.4 Å². The summed E-state index contributed by atoms with van der Waals surface area (Å²) in [6.45, 7) is 4.72. The van der Waals surface area contributed by atoms with E-state index in [1.165, 1.54) is 0 Å². The number of aryl methyl sites for hydroxylation is 2. The third kappa shape index (κ3) is 2.41. The summed E-state index contributed by atoms with van der Waals surface area (Å²) in [6, 6.07) is 2.03. The van der Waals surface area contributed by atoms with Gasteiger partial charge in [0, 0.05) is 22.3 Å². The summed E-state index contributed by atoms with van der Waals surface area (Å²) in [7, 11) is 0. The van der Waals surface area contributed by atoms with Gasteiger partial charge in [-0.15, -0.1) is 0 Å². The summed E-state index contributed by atoms with van der Waals surface area (Å²) in [5, 5.41) is 10.2. The minimum absolute atomic E-state index is 0.750. The molecule has 0 unspecified atom stereocenters. The van der Waals surface area contributed by atoms with Crippen LogP contribution in [0.1, 0.15) is 17.0 Å². The van der Waals surface area contributed by atoms with Crippen LogP contribution >= 0.6 is 15.9 Å². The molecular formula is C11H13BrN4. The Hall–Kier alpha value is -1.36. The van der Waals surface area contributed by atoms with E-state index in [-0.39, 0.29) is 0 Å². The van der Waals surface area contributed by atoms with Gasteiger partial charge >= 0.3 is 0 Å². The monoisotopic (exact) mass is 280 g/mol. The van der Waals surface area contributed by atoms with E-state index < -0.39 is 0 Å². The van der Waals surface area contributed by atoms with Crippen molar-refractivity contribution in [1.29, 1.82) is 0 Å². The number of aromatic amines is 1. The van der Waals surface area contributed by atoms with Crippen LogP contribution in [0.4, 0.5) is 5.69 Å². The van der Waals surface area contributed by atoms with E-state index in [4.69, 9.17) is 0 Å². The summed E-state index contributed by atoms with van der Waals surface area (Å²) in [5.41, 5.74) is 4.24. The molecule has 0 aliphatic carbocycles. The van der Waals surface area contributed by atoms with Gasteiger partial charge in [0.25, 0.3) is 0 Å². The predicted octanol–water partition coefficient (Wildman–Crippen LogP) is 2.80. The van der Waals surface area contributed by atoms with Gasteiger partial charge in [0.15, 0.2) is 0 Å². The topological polar surface area (TPSA) is 53.6 Å². The van der Waals surface area contributed by atoms with E-state index in [1.807, 2.05) is 32.3 Å². The molecule has 2 rings (SSSR count). The third-order valence-corrected chi connectivity index (χ3v) is 3.25. The number of H-pyrrole nitrogens is 1. The lowest BCUT2D eigenvalue weighted by Gasteiger charge is -2.06. The van der Waals surface area contributed by atoms with Crippen molar-refractivity contribution in [2.45, 2.75) is 20.4 Å². The Labute approximate surface area is 103 Å². The van der Waals surface area contributed by atoms with Gasteiger partial charge in [-0.25, -0.2) is 0 Å². The largest absolute Gasteiger partial charge is 0.380 e. The molecule has 5 heteroatoms. The molecule has 0 aromatic carbocycles. The molecule has 2 heterocycles. The first-order chi connectivity index (χ1) is 7.66. The highest BCUT2D eigenvalue weighted by atomic mass is 79.9. The Balaban J connectivity index is 2.05. The number of hydrogen-bond donors (Lipinski definition) is 2. The van der Waals surface area contributed by atoms with Gasteiger partial charge in [0.2, 0.25) is 0 Å². The lowest BCUT2D eigenvalue weighted by Crippen LogP contribution is -2.00. The van der Waals surface area contributed by atoms with Gasteiger partial charge in [-0.05, 0) is 35.8 Å². The van der Waals surface area contributed by atoms with Gasteiger partial charge in [-0.1, -0.05) is 0 Å². The third-order valence-electron chi connectivity index (χ3n) is 2.44. The molecule has 0 saturated heterocycles. The average Bonchev–Trinajstić information content (AvgIpc) is 2.66. The maximum absolute atomic E-state index is 4.27. The van der Waals surface area contributed by atoms with E-state index >= 15 is 0 Å². The predicted molar refractivity (Wildman–Crippen MR) is 67.3 cm³/mol. The molecule has 0 aliphatic heterocycles. The molecule has 0 fully saturated rings. The first-order valence-corrected chi connectivity index (χ1v) is 5.81. The van der Waals surface area contributed by atoms with Gasteiger partial charge in [-0.2, -0.15) is 5.10 Å². The maximum Gasteiger partial charge on any atom is 0.0540 e. The van der Waals surface area contributed by atoms with Crippen LogP contribution in [0.25, 0.3) is 0 Å². The van der Waals surface area contributed by atoms with E-state index in [0.29, 0.717) is 0 Å². The van der Waals surface area contributed by atoms with Crippen LogP contribution in [0.2, 0.25) is 0 Å². The molecule has 0 atom stereocenters. The molecule has 2 aromatic rings. The highest BCUT2D eigenvalue weighted by molar-refractivity contribution is 9.10. The zero-order valence-electron chi connectivity index (χ0n) is 9.21. The van der Waals surface area contributed by atoms with Crippen molar-refractivity contribution in [2.24, 2.45) is 0 Å². The molecule has 16 heavy (non-hydrogen) atoms. The average molecular weight is 281 g/mol. The van der Waals surface area contributed by atoms with Crippen molar-refractivity contribution in [3.05, 3.63) is 39.9 Å². The van der Waals surface area contributed by atoms with Crippen LogP contribution in [0.15, 0.2) is 22.9 Å². The van der Waals surface area contributed by atoms with Crippen molar-refractivity contribution in [2.75, 3.05) is 5.32 Å². The van der Waals surface area contributed by atoms with Crippen molar-refractivity contribution in [1.82, 2.24) is 15.2 Å². The first kappa shape index (κ1) is 11.1. The lowest BCUT2D eigenvalue weighted by atomic mass is 10.2. The van der Waals surface area contributed by atoms with Gasteiger partial charge in [0.1, 0.15) is 0 Å². The maximum atomic E-state index is 4.27. The number of nitrogens with one attached hydrogen (secondary N) is 2. The van der Waals surface area contributed by atoms with Crippen molar-refractivity contribution >= 4 is 21.6 Å². The Morgan fingerprint density at radius 3 is 2.81 bits per heavy atom. The van der Waals surface area contributed by atoms with Gasteiger partial charge in [0.05, 0.1) is 23.8 Å². The fourth-order valence-corrected chi connectivity index (χ4v) is 1.70. The number of rotatable bonds is 3. The van der Waals surface area contributed by atoms with Crippen LogP contribution < -0.4 is 5.32 Å². The lowest BCUT2D eigenvalue weighted by molar-refractivity contribution is 1.04. The quantitative estimate of drug-likeness (QED) is 0.909. The second-order valence-electron chi connectivity index (χ2n) is 3.67. The van der Waals surface area contributed by atoms with Crippen LogP contribution in [0, 0.1) is 13.8 Å². The zero-order valence-corrected chi connectivity index (χ0v) is 10.8. The molecule has 2 aromatic heterocycles. The summed E-state index contributed by atoms with van der Waals surface area (Å²) in [6.07, 6.45) is 3.66. The Bertz CT molecular complexity index is 492. The van der Waals surface area contributed by atoms with Crippen LogP contribution in [0.5, 0.6) is 0 Å². The van der Waals surface area contributed by atoms with E-state index in [1.54, 1.807) is 0 Å². The molecular weight excluding hydrogens is 268 g/mol. The minimum Gasteiger partial charge on any atom is -0.380 e. The molecule has 0 aliphatic rings. The first-order valence-electron chi connectivity index (χ1n) is 5.01. The summed E-state index contributed by atoms with van der Waals surface area (Å²) in [4.78, 5) is 4.27. The summed E-state index contributed by atoms with van der Waals surface area (Å²) < 4.78 is 1.02. The molecule has 0 saturated carbocycles.